The molecule has 0 radical (unpaired) electrons. The van der Waals surface area contributed by atoms with Crippen LogP contribution in [0.1, 0.15) is 25.7 Å². The SMILES string of the molecule is O=C(CCC(C(=O)O)N(CCC(=O)NO)CCC(=O)NO)NO. The number of hydroxylamine groups is 3. The molecule has 0 aliphatic rings. The van der Waals surface area contributed by atoms with Gasteiger partial charge in [0, 0.05) is 32.4 Å². The molecule has 132 valence electrons. The molecule has 0 bridgehead atoms. The summed E-state index contributed by atoms with van der Waals surface area (Å²) in [5, 5.41) is 34.6. The number of hydrogen-bond acceptors (Lipinski definition) is 8. The smallest absolute Gasteiger partial charge is 0.320 e. The molecule has 0 aromatic heterocycles. The summed E-state index contributed by atoms with van der Waals surface area (Å²) in [6, 6.07) is -1.20. The van der Waals surface area contributed by atoms with E-state index in [0.717, 1.165) is 0 Å². The molecule has 12 heteroatoms. The fraction of sp³-hybridized carbons (Fsp3) is 0.636. The maximum atomic E-state index is 11.3. The number of carboxylic acids is 1. The van der Waals surface area contributed by atoms with Crippen LogP contribution in [0.5, 0.6) is 0 Å². The second kappa shape index (κ2) is 11.3. The van der Waals surface area contributed by atoms with E-state index in [1.807, 2.05) is 0 Å². The number of rotatable bonds is 11. The van der Waals surface area contributed by atoms with Gasteiger partial charge < -0.3 is 5.11 Å². The van der Waals surface area contributed by atoms with E-state index in [2.05, 4.69) is 0 Å². The first-order valence-electron chi connectivity index (χ1n) is 6.61. The van der Waals surface area contributed by atoms with Gasteiger partial charge in [-0.05, 0) is 6.42 Å². The van der Waals surface area contributed by atoms with E-state index in [-0.39, 0.29) is 38.8 Å². The first kappa shape index (κ1) is 20.7. The highest BCUT2D eigenvalue weighted by Gasteiger charge is 2.27. The molecule has 7 N–H and O–H groups in total. The predicted octanol–water partition coefficient (Wildman–Crippen LogP) is -2.18. The lowest BCUT2D eigenvalue weighted by atomic mass is 10.1. The van der Waals surface area contributed by atoms with Gasteiger partial charge in [-0.2, -0.15) is 0 Å². The second-order valence-corrected chi connectivity index (χ2v) is 4.53. The fourth-order valence-electron chi connectivity index (χ4n) is 1.81. The Kier molecular flexibility index (Phi) is 10.2. The minimum Gasteiger partial charge on any atom is -0.480 e. The summed E-state index contributed by atoms with van der Waals surface area (Å²) in [5.41, 5.74) is 4.16. The van der Waals surface area contributed by atoms with Crippen LogP contribution in [0.15, 0.2) is 0 Å². The summed E-state index contributed by atoms with van der Waals surface area (Å²) in [4.78, 5) is 45.7. The molecule has 1 unspecified atom stereocenters. The lowest BCUT2D eigenvalue weighted by Crippen LogP contribution is -2.45. The monoisotopic (exact) mass is 336 g/mol. The number of aliphatic carboxylic acids is 1. The fourth-order valence-corrected chi connectivity index (χ4v) is 1.81. The number of nitrogens with one attached hydrogen (secondary N) is 3. The zero-order valence-electron chi connectivity index (χ0n) is 12.2. The Labute approximate surface area is 130 Å². The Bertz CT molecular complexity index is 410. The lowest BCUT2D eigenvalue weighted by Gasteiger charge is -2.28. The Morgan fingerprint density at radius 2 is 1.17 bits per heavy atom. The van der Waals surface area contributed by atoms with Gasteiger partial charge in [0.2, 0.25) is 17.7 Å². The Morgan fingerprint density at radius 3 is 1.52 bits per heavy atom. The molecular formula is C11H20N4O8. The van der Waals surface area contributed by atoms with E-state index in [0.29, 0.717) is 0 Å². The molecule has 0 heterocycles. The molecule has 0 aliphatic carbocycles. The summed E-state index contributed by atoms with van der Waals surface area (Å²) in [5.74, 6) is -3.57. The third-order valence-corrected chi connectivity index (χ3v) is 3.00. The first-order chi connectivity index (χ1) is 10.8. The number of nitrogens with zero attached hydrogens (tertiary/aromatic N) is 1. The molecule has 23 heavy (non-hydrogen) atoms. The van der Waals surface area contributed by atoms with Crippen LogP contribution in [0.4, 0.5) is 0 Å². The van der Waals surface area contributed by atoms with Gasteiger partial charge in [0.25, 0.3) is 0 Å². The molecule has 0 spiro atoms. The highest BCUT2D eigenvalue weighted by Crippen LogP contribution is 2.10. The van der Waals surface area contributed by atoms with Crippen molar-refractivity contribution in [2.45, 2.75) is 31.7 Å². The Morgan fingerprint density at radius 1 is 0.783 bits per heavy atom. The van der Waals surface area contributed by atoms with E-state index >= 15 is 0 Å². The molecule has 0 aromatic rings. The van der Waals surface area contributed by atoms with Crippen LogP contribution in [0.3, 0.4) is 0 Å². The molecule has 0 aliphatic heterocycles. The molecule has 3 amide bonds. The largest absolute Gasteiger partial charge is 0.480 e. The Hall–Kier alpha value is -2.28. The summed E-state index contributed by atoms with van der Waals surface area (Å²) in [6.45, 7) is -0.217. The van der Waals surface area contributed by atoms with Crippen LogP contribution in [-0.2, 0) is 19.2 Å². The van der Waals surface area contributed by atoms with Crippen molar-refractivity contribution in [1.29, 1.82) is 0 Å². The van der Waals surface area contributed by atoms with Crippen LogP contribution < -0.4 is 16.4 Å². The molecule has 0 rings (SSSR count). The first-order valence-corrected chi connectivity index (χ1v) is 6.61. The van der Waals surface area contributed by atoms with Crippen LogP contribution in [0.25, 0.3) is 0 Å². The van der Waals surface area contributed by atoms with Crippen molar-refractivity contribution >= 4 is 23.7 Å². The number of amides is 3. The molecular weight excluding hydrogens is 316 g/mol. The van der Waals surface area contributed by atoms with Crippen molar-refractivity contribution in [2.75, 3.05) is 13.1 Å². The zero-order chi connectivity index (χ0) is 17.8. The van der Waals surface area contributed by atoms with Crippen molar-refractivity contribution in [3.05, 3.63) is 0 Å². The van der Waals surface area contributed by atoms with Gasteiger partial charge in [-0.1, -0.05) is 0 Å². The van der Waals surface area contributed by atoms with E-state index < -0.39 is 29.7 Å². The van der Waals surface area contributed by atoms with Crippen LogP contribution >= 0.6 is 0 Å². The molecule has 0 fully saturated rings. The van der Waals surface area contributed by atoms with Crippen LogP contribution in [-0.4, -0.2) is 68.5 Å². The van der Waals surface area contributed by atoms with Gasteiger partial charge >= 0.3 is 5.97 Å². The van der Waals surface area contributed by atoms with Gasteiger partial charge in [-0.3, -0.25) is 39.7 Å². The molecule has 1 atom stereocenters. The molecule has 0 saturated carbocycles. The van der Waals surface area contributed by atoms with Crippen molar-refractivity contribution < 1.29 is 39.9 Å². The van der Waals surface area contributed by atoms with Crippen molar-refractivity contribution in [2.24, 2.45) is 0 Å². The standard InChI is InChI=1S/C11H20N4O8/c16-8(12-21)2-1-7(11(19)20)15(5-3-9(17)13-22)6-4-10(18)14-23/h7,21-23H,1-6H2,(H,12,16)(H,13,17)(H,14,18)(H,19,20). The lowest BCUT2D eigenvalue weighted by molar-refractivity contribution is -0.145. The van der Waals surface area contributed by atoms with Crippen molar-refractivity contribution in [3.8, 4) is 0 Å². The van der Waals surface area contributed by atoms with Gasteiger partial charge in [-0.25, -0.2) is 16.4 Å². The Balaban J connectivity index is 4.89. The van der Waals surface area contributed by atoms with Crippen LogP contribution in [0.2, 0.25) is 0 Å². The number of carbonyl (C=O) groups excluding carboxylic acids is 3. The highest BCUT2D eigenvalue weighted by molar-refractivity contribution is 5.78. The van der Waals surface area contributed by atoms with Crippen LogP contribution in [0, 0.1) is 0 Å². The number of carbonyl (C=O) groups is 4. The second-order valence-electron chi connectivity index (χ2n) is 4.53. The van der Waals surface area contributed by atoms with Gasteiger partial charge in [0.1, 0.15) is 6.04 Å². The summed E-state index contributed by atoms with van der Waals surface area (Å²) < 4.78 is 0. The number of hydrogen-bond donors (Lipinski definition) is 7. The molecule has 12 nitrogen and oxygen atoms in total. The average Bonchev–Trinajstić information content (AvgIpc) is 2.54. The minimum absolute atomic E-state index is 0.108. The number of carboxylic acid groups (broad SMARTS) is 1. The van der Waals surface area contributed by atoms with Gasteiger partial charge in [0.05, 0.1) is 0 Å². The van der Waals surface area contributed by atoms with Gasteiger partial charge in [-0.15, -0.1) is 0 Å². The third-order valence-electron chi connectivity index (χ3n) is 3.00. The predicted molar refractivity (Wildman–Crippen MR) is 71.3 cm³/mol. The zero-order valence-corrected chi connectivity index (χ0v) is 12.2. The summed E-state index contributed by atoms with van der Waals surface area (Å²) in [7, 11) is 0. The minimum atomic E-state index is -1.29. The van der Waals surface area contributed by atoms with Crippen molar-refractivity contribution in [1.82, 2.24) is 21.3 Å². The van der Waals surface area contributed by atoms with E-state index in [9.17, 15) is 24.3 Å². The maximum absolute atomic E-state index is 11.3. The quantitative estimate of drug-likeness (QED) is 0.162. The summed E-state index contributed by atoms with van der Waals surface area (Å²) >= 11 is 0. The molecule has 0 saturated heterocycles. The normalized spacial score (nSPS) is 11.7. The summed E-state index contributed by atoms with van der Waals surface area (Å²) in [6.07, 6.45) is -0.952. The average molecular weight is 336 g/mol. The van der Waals surface area contributed by atoms with Crippen molar-refractivity contribution in [3.63, 3.8) is 0 Å². The van der Waals surface area contributed by atoms with E-state index in [1.54, 1.807) is 0 Å². The highest BCUT2D eigenvalue weighted by atomic mass is 16.5. The third kappa shape index (κ3) is 8.67. The topological polar surface area (TPSA) is 189 Å². The van der Waals surface area contributed by atoms with Gasteiger partial charge in [0.15, 0.2) is 0 Å². The molecule has 0 aromatic carbocycles. The van der Waals surface area contributed by atoms with E-state index in [4.69, 9.17) is 15.6 Å². The maximum Gasteiger partial charge on any atom is 0.320 e. The van der Waals surface area contributed by atoms with E-state index in [1.165, 1.54) is 21.3 Å².